The number of rotatable bonds is 31. The van der Waals surface area contributed by atoms with Crippen LogP contribution < -0.4 is 10.6 Å². The van der Waals surface area contributed by atoms with Crippen LogP contribution in [0.15, 0.2) is 0 Å². The average molecular weight is 643 g/mol. The molecular formula is C34H67N4O5P. The minimum atomic E-state index is -1.16. The van der Waals surface area contributed by atoms with Crippen molar-refractivity contribution in [2.45, 2.75) is 169 Å². The van der Waals surface area contributed by atoms with E-state index < -0.39 is 8.53 Å². The van der Waals surface area contributed by atoms with Gasteiger partial charge in [-0.1, -0.05) is 89.9 Å². The maximum atomic E-state index is 12.0. The molecular weight excluding hydrogens is 575 g/mol. The van der Waals surface area contributed by atoms with Gasteiger partial charge in [-0.3, -0.25) is 4.79 Å². The first-order valence-corrected chi connectivity index (χ1v) is 18.8. The number of carbonyl (C=O) groups excluding carboxylic acids is 2. The summed E-state index contributed by atoms with van der Waals surface area (Å²) in [5.41, 5.74) is 0. The van der Waals surface area contributed by atoms with Gasteiger partial charge in [0.15, 0.2) is 0 Å². The van der Waals surface area contributed by atoms with Gasteiger partial charge in [0.2, 0.25) is 0 Å². The van der Waals surface area contributed by atoms with E-state index in [1.54, 1.807) is 0 Å². The highest BCUT2D eigenvalue weighted by molar-refractivity contribution is 7.44. The molecule has 1 unspecified atom stereocenters. The number of nitrogens with zero attached hydrogens (tertiary/aromatic N) is 2. The molecule has 0 aliphatic rings. The first-order valence-electron chi connectivity index (χ1n) is 17.7. The number of urea groups is 1. The Labute approximate surface area is 271 Å². The van der Waals surface area contributed by atoms with Crippen LogP contribution in [0.4, 0.5) is 4.79 Å². The molecule has 0 bridgehead atoms. The highest BCUT2D eigenvalue weighted by Crippen LogP contribution is 2.46. The van der Waals surface area contributed by atoms with Crippen LogP contribution in [0.1, 0.15) is 157 Å². The number of hydrogen-bond acceptors (Lipinski definition) is 7. The van der Waals surface area contributed by atoms with Crippen LogP contribution in [0, 0.1) is 11.3 Å². The van der Waals surface area contributed by atoms with Crippen LogP contribution in [-0.2, 0) is 18.6 Å². The fourth-order valence-corrected chi connectivity index (χ4v) is 6.70. The zero-order chi connectivity index (χ0) is 32.7. The number of amides is 2. The van der Waals surface area contributed by atoms with E-state index in [0.29, 0.717) is 44.9 Å². The third-order valence-electron chi connectivity index (χ3n) is 7.38. The summed E-state index contributed by atoms with van der Waals surface area (Å²) in [6.07, 6.45) is 21.9. The van der Waals surface area contributed by atoms with Crippen molar-refractivity contribution in [2.75, 3.05) is 32.9 Å². The van der Waals surface area contributed by atoms with Gasteiger partial charge >= 0.3 is 12.0 Å². The quantitative estimate of drug-likeness (QED) is 0.0440. The van der Waals surface area contributed by atoms with Crippen LogP contribution in [0.2, 0.25) is 0 Å². The molecule has 0 aromatic rings. The maximum absolute atomic E-state index is 12.0. The van der Waals surface area contributed by atoms with E-state index in [9.17, 15) is 9.59 Å². The molecule has 0 heterocycles. The summed E-state index contributed by atoms with van der Waals surface area (Å²) in [6.45, 7) is 13.1. The second-order valence-corrected chi connectivity index (χ2v) is 13.7. The first-order chi connectivity index (χ1) is 21.3. The van der Waals surface area contributed by atoms with E-state index in [2.05, 4.69) is 49.1 Å². The van der Waals surface area contributed by atoms with Gasteiger partial charge in [0.25, 0.3) is 8.53 Å². The Morgan fingerprint density at radius 2 is 1.02 bits per heavy atom. The first kappa shape index (κ1) is 42.5. The van der Waals surface area contributed by atoms with E-state index in [4.69, 9.17) is 19.0 Å². The SMILES string of the molecule is CC(=O)OCCCCCCCCCCCCCCCCNC(=O)NCCCCCCOP(OCCC#N)N(C(C)C)C(C)C. The summed E-state index contributed by atoms with van der Waals surface area (Å²) in [6, 6.07) is 2.70. The lowest BCUT2D eigenvalue weighted by atomic mass is 10.0. The predicted octanol–water partition coefficient (Wildman–Crippen LogP) is 9.16. The molecule has 0 aromatic heterocycles. The number of carbonyl (C=O) groups is 2. The lowest BCUT2D eigenvalue weighted by molar-refractivity contribution is -0.141. The summed E-state index contributed by atoms with van der Waals surface area (Å²) in [5.74, 6) is -0.175. The predicted molar refractivity (Wildman–Crippen MR) is 182 cm³/mol. The van der Waals surface area contributed by atoms with Gasteiger partial charge in [-0.05, 0) is 53.4 Å². The van der Waals surface area contributed by atoms with E-state index in [1.165, 1.54) is 77.6 Å². The highest BCUT2D eigenvalue weighted by Gasteiger charge is 2.26. The number of ether oxygens (including phenoxy) is 1. The zero-order valence-electron chi connectivity index (χ0n) is 29.0. The molecule has 44 heavy (non-hydrogen) atoms. The van der Waals surface area contributed by atoms with Crippen molar-refractivity contribution in [3.05, 3.63) is 0 Å². The largest absolute Gasteiger partial charge is 0.466 e. The van der Waals surface area contributed by atoms with Gasteiger partial charge < -0.3 is 24.4 Å². The summed E-state index contributed by atoms with van der Waals surface area (Å²) in [4.78, 5) is 22.7. The summed E-state index contributed by atoms with van der Waals surface area (Å²) in [5, 5.41) is 14.8. The number of unbranched alkanes of at least 4 members (excludes halogenated alkanes) is 16. The van der Waals surface area contributed by atoms with Crippen molar-refractivity contribution in [2.24, 2.45) is 0 Å². The molecule has 0 aromatic carbocycles. The topological polar surface area (TPSA) is 113 Å². The van der Waals surface area contributed by atoms with Gasteiger partial charge in [0.1, 0.15) is 0 Å². The van der Waals surface area contributed by atoms with Gasteiger partial charge in [0.05, 0.1) is 32.3 Å². The minimum Gasteiger partial charge on any atom is -0.466 e. The Morgan fingerprint density at radius 1 is 0.636 bits per heavy atom. The molecule has 0 saturated carbocycles. The summed E-state index contributed by atoms with van der Waals surface area (Å²) >= 11 is 0. The van der Waals surface area contributed by atoms with Crippen LogP contribution in [-0.4, -0.2) is 61.7 Å². The van der Waals surface area contributed by atoms with E-state index in [0.717, 1.165) is 51.5 Å². The molecule has 1 atom stereocenters. The standard InChI is InChI=1S/C34H67N4O5P/c1-31(2)38(32(3)4)44(43-30-24-25-35)42-29-23-19-17-21-27-37-34(40)36-26-20-16-14-12-10-8-6-7-9-11-13-15-18-22-28-41-33(5)39/h31-32H,6-24,26-30H2,1-5H3,(H2,36,37,40). The molecule has 0 spiro atoms. The van der Waals surface area contributed by atoms with E-state index >= 15 is 0 Å². The highest BCUT2D eigenvalue weighted by atomic mass is 31.2. The molecule has 0 radical (unpaired) electrons. The van der Waals surface area contributed by atoms with Crippen molar-refractivity contribution in [1.82, 2.24) is 15.3 Å². The maximum Gasteiger partial charge on any atom is 0.314 e. The lowest BCUT2D eigenvalue weighted by Crippen LogP contribution is -2.36. The zero-order valence-corrected chi connectivity index (χ0v) is 29.9. The Kier molecular flexibility index (Phi) is 30.5. The monoisotopic (exact) mass is 642 g/mol. The summed E-state index contributed by atoms with van der Waals surface area (Å²) in [7, 11) is -1.16. The Hall–Kier alpha value is -1.46. The fourth-order valence-electron chi connectivity index (χ4n) is 5.07. The molecule has 9 nitrogen and oxygen atoms in total. The molecule has 10 heteroatoms. The molecule has 0 aliphatic carbocycles. The Balaban J connectivity index is 3.53. The van der Waals surface area contributed by atoms with Crippen molar-refractivity contribution in [3.63, 3.8) is 0 Å². The Morgan fingerprint density at radius 3 is 1.43 bits per heavy atom. The molecule has 0 rings (SSSR count). The number of hydrogen-bond donors (Lipinski definition) is 2. The molecule has 0 saturated heterocycles. The number of nitriles is 1. The fraction of sp³-hybridized carbons (Fsp3) is 0.912. The van der Waals surface area contributed by atoms with Crippen LogP contribution in [0.25, 0.3) is 0 Å². The molecule has 0 fully saturated rings. The van der Waals surface area contributed by atoms with Crippen molar-refractivity contribution >= 4 is 20.5 Å². The van der Waals surface area contributed by atoms with Crippen LogP contribution in [0.5, 0.6) is 0 Å². The Bertz CT molecular complexity index is 712. The van der Waals surface area contributed by atoms with Crippen LogP contribution in [0.3, 0.4) is 0 Å². The third kappa shape index (κ3) is 28.0. The smallest absolute Gasteiger partial charge is 0.314 e. The lowest BCUT2D eigenvalue weighted by Gasteiger charge is -2.35. The normalized spacial score (nSPS) is 12.1. The molecule has 2 N–H and O–H groups in total. The van der Waals surface area contributed by atoms with Gasteiger partial charge in [-0.2, -0.15) is 5.26 Å². The molecule has 2 amide bonds. The number of esters is 1. The molecule has 258 valence electrons. The summed E-state index contributed by atoms with van der Waals surface area (Å²) < 4.78 is 19.2. The molecule has 0 aliphatic heterocycles. The van der Waals surface area contributed by atoms with Crippen LogP contribution >= 0.6 is 8.53 Å². The van der Waals surface area contributed by atoms with Gasteiger partial charge in [0, 0.05) is 32.1 Å². The second kappa shape index (κ2) is 31.5. The second-order valence-electron chi connectivity index (χ2n) is 12.3. The van der Waals surface area contributed by atoms with Gasteiger partial charge in [-0.25, -0.2) is 9.46 Å². The van der Waals surface area contributed by atoms with Gasteiger partial charge in [-0.15, -0.1) is 0 Å². The van der Waals surface area contributed by atoms with Crippen molar-refractivity contribution in [1.29, 1.82) is 5.26 Å². The number of nitrogens with one attached hydrogen (secondary N) is 2. The van der Waals surface area contributed by atoms with Crippen molar-refractivity contribution < 1.29 is 23.4 Å². The third-order valence-corrected chi connectivity index (χ3v) is 9.49. The van der Waals surface area contributed by atoms with E-state index in [-0.39, 0.29) is 12.0 Å². The van der Waals surface area contributed by atoms with Crippen molar-refractivity contribution in [3.8, 4) is 6.07 Å². The minimum absolute atomic E-state index is 0.0575. The van der Waals surface area contributed by atoms with E-state index in [1.807, 2.05) is 0 Å². The average Bonchev–Trinajstić information content (AvgIpc) is 2.97.